The van der Waals surface area contributed by atoms with Crippen LogP contribution in [0.3, 0.4) is 0 Å². The van der Waals surface area contributed by atoms with Gasteiger partial charge in [0, 0.05) is 12.6 Å². The van der Waals surface area contributed by atoms with Crippen LogP contribution in [0.4, 0.5) is 0 Å². The van der Waals surface area contributed by atoms with E-state index < -0.39 is 0 Å². The van der Waals surface area contributed by atoms with Crippen molar-refractivity contribution in [2.24, 2.45) is 7.05 Å². The first-order chi connectivity index (χ1) is 8.45. The van der Waals surface area contributed by atoms with Crippen molar-refractivity contribution < 1.29 is 4.74 Å². The van der Waals surface area contributed by atoms with Gasteiger partial charge in [0.05, 0.1) is 12.8 Å². The van der Waals surface area contributed by atoms with Crippen molar-refractivity contribution in [1.29, 1.82) is 0 Å². The highest BCUT2D eigenvalue weighted by Crippen LogP contribution is 2.33. The van der Waals surface area contributed by atoms with Gasteiger partial charge in [-0.2, -0.15) is 0 Å². The number of rotatable bonds is 2. The fraction of sp³-hybridized carbons (Fsp3) is 0.357. The molecule has 1 aromatic carbocycles. The minimum absolute atomic E-state index is 0.881. The van der Waals surface area contributed by atoms with Crippen LogP contribution < -0.4 is 4.74 Å². The lowest BCUT2D eigenvalue weighted by atomic mass is 10.0. The van der Waals surface area contributed by atoms with Crippen LogP contribution in [0.1, 0.15) is 17.0 Å². The van der Waals surface area contributed by atoms with Crippen LogP contribution in [-0.2, 0) is 7.05 Å². The van der Waals surface area contributed by atoms with E-state index in [0.717, 1.165) is 38.6 Å². The summed E-state index contributed by atoms with van der Waals surface area (Å²) in [6.45, 7) is 6.12. The summed E-state index contributed by atoms with van der Waals surface area (Å²) < 4.78 is 8.37. The maximum absolute atomic E-state index is 5.40. The quantitative estimate of drug-likeness (QED) is 0.844. The lowest BCUT2D eigenvalue weighted by Gasteiger charge is -2.12. The Morgan fingerprint density at radius 3 is 2.11 bits per heavy atom. The number of hydrogen-bond donors (Lipinski definition) is 0. The molecule has 0 radical (unpaired) electrons. The molecule has 0 atom stereocenters. The molecule has 0 spiro atoms. The summed E-state index contributed by atoms with van der Waals surface area (Å²) in [5.41, 5.74) is 4.53. The molecule has 2 aromatic rings. The zero-order valence-corrected chi connectivity index (χ0v) is 12.9. The molecule has 0 saturated carbocycles. The van der Waals surface area contributed by atoms with Crippen LogP contribution in [0, 0.1) is 20.8 Å². The highest BCUT2D eigenvalue weighted by molar-refractivity contribution is 9.10. The van der Waals surface area contributed by atoms with Crippen LogP contribution >= 0.6 is 15.9 Å². The van der Waals surface area contributed by atoms with Crippen LogP contribution in [0.15, 0.2) is 16.7 Å². The molecule has 0 unspecified atom stereocenters. The molecule has 0 aliphatic carbocycles. The predicted molar refractivity (Wildman–Crippen MR) is 77.1 cm³/mol. The van der Waals surface area contributed by atoms with Crippen molar-refractivity contribution in [3.63, 3.8) is 0 Å². The van der Waals surface area contributed by atoms with Crippen molar-refractivity contribution in [2.45, 2.75) is 20.8 Å². The molecule has 0 N–H and O–H groups in total. The van der Waals surface area contributed by atoms with Gasteiger partial charge in [0.1, 0.15) is 16.2 Å². The van der Waals surface area contributed by atoms with Crippen molar-refractivity contribution in [2.75, 3.05) is 7.11 Å². The first-order valence-electron chi connectivity index (χ1n) is 5.80. The molecular weight excluding hydrogens is 292 g/mol. The second kappa shape index (κ2) is 4.76. The van der Waals surface area contributed by atoms with E-state index >= 15 is 0 Å². The fourth-order valence-corrected chi connectivity index (χ4v) is 3.04. The summed E-state index contributed by atoms with van der Waals surface area (Å²) in [5.74, 6) is 1.94. The topological polar surface area (TPSA) is 27.1 Å². The van der Waals surface area contributed by atoms with Gasteiger partial charge < -0.3 is 9.30 Å². The summed E-state index contributed by atoms with van der Waals surface area (Å²) >= 11 is 3.53. The van der Waals surface area contributed by atoms with Gasteiger partial charge in [-0.3, -0.25) is 0 Å². The number of ether oxygens (including phenoxy) is 1. The van der Waals surface area contributed by atoms with Crippen molar-refractivity contribution in [3.05, 3.63) is 33.7 Å². The van der Waals surface area contributed by atoms with Gasteiger partial charge >= 0.3 is 0 Å². The first-order valence-corrected chi connectivity index (χ1v) is 6.59. The van der Waals surface area contributed by atoms with Gasteiger partial charge in [0.15, 0.2) is 0 Å². The second-order valence-electron chi connectivity index (χ2n) is 4.50. The SMILES string of the molecule is COc1c(C)cc(-c2c(Br)nc(C)n2C)cc1C. The third-order valence-corrected chi connectivity index (χ3v) is 3.77. The van der Waals surface area contributed by atoms with Crippen LogP contribution in [0.2, 0.25) is 0 Å². The second-order valence-corrected chi connectivity index (χ2v) is 5.25. The molecule has 1 aromatic heterocycles. The number of halogens is 1. The predicted octanol–water partition coefficient (Wildman–Crippen LogP) is 3.78. The third kappa shape index (κ3) is 2.05. The zero-order chi connectivity index (χ0) is 13.4. The minimum Gasteiger partial charge on any atom is -0.496 e. The maximum atomic E-state index is 5.40. The molecule has 18 heavy (non-hydrogen) atoms. The summed E-state index contributed by atoms with van der Waals surface area (Å²) in [6.07, 6.45) is 0. The number of nitrogens with zero attached hydrogens (tertiary/aromatic N) is 2. The Morgan fingerprint density at radius 2 is 1.72 bits per heavy atom. The van der Waals surface area contributed by atoms with E-state index in [1.165, 1.54) is 0 Å². The zero-order valence-electron chi connectivity index (χ0n) is 11.3. The van der Waals surface area contributed by atoms with E-state index in [0.29, 0.717) is 0 Å². The largest absolute Gasteiger partial charge is 0.496 e. The maximum Gasteiger partial charge on any atom is 0.132 e. The number of hydrogen-bond acceptors (Lipinski definition) is 2. The van der Waals surface area contributed by atoms with Crippen LogP contribution in [0.5, 0.6) is 5.75 Å². The lowest BCUT2D eigenvalue weighted by molar-refractivity contribution is 0.408. The van der Waals surface area contributed by atoms with E-state index in [2.05, 4.69) is 51.5 Å². The normalized spacial score (nSPS) is 10.8. The summed E-state index contributed by atoms with van der Waals surface area (Å²) in [6, 6.07) is 4.26. The number of imidazole rings is 1. The van der Waals surface area contributed by atoms with Crippen molar-refractivity contribution in [3.8, 4) is 17.0 Å². The Kier molecular flexibility index (Phi) is 3.48. The Hall–Kier alpha value is -1.29. The molecule has 0 aliphatic rings. The van der Waals surface area contributed by atoms with Crippen molar-refractivity contribution in [1.82, 2.24) is 9.55 Å². The number of aromatic nitrogens is 2. The average Bonchev–Trinajstić information content (AvgIpc) is 2.52. The highest BCUT2D eigenvalue weighted by Gasteiger charge is 2.14. The van der Waals surface area contributed by atoms with Crippen LogP contribution in [0.25, 0.3) is 11.3 Å². The Balaban J connectivity index is 2.65. The Labute approximate surface area is 116 Å². The molecule has 0 bridgehead atoms. The smallest absolute Gasteiger partial charge is 0.132 e. The monoisotopic (exact) mass is 308 g/mol. The molecule has 0 saturated heterocycles. The van der Waals surface area contributed by atoms with Gasteiger partial charge in [0.2, 0.25) is 0 Å². The number of aryl methyl sites for hydroxylation is 3. The highest BCUT2D eigenvalue weighted by atomic mass is 79.9. The van der Waals surface area contributed by atoms with Gasteiger partial charge in [0.25, 0.3) is 0 Å². The van der Waals surface area contributed by atoms with Crippen LogP contribution in [-0.4, -0.2) is 16.7 Å². The van der Waals surface area contributed by atoms with Crippen molar-refractivity contribution >= 4 is 15.9 Å². The van der Waals surface area contributed by atoms with Gasteiger partial charge in [-0.1, -0.05) is 0 Å². The molecular formula is C14H17BrN2O. The molecule has 0 aliphatic heterocycles. The third-order valence-electron chi connectivity index (χ3n) is 3.21. The molecule has 2 rings (SSSR count). The molecule has 3 nitrogen and oxygen atoms in total. The van der Waals surface area contributed by atoms with E-state index in [-0.39, 0.29) is 0 Å². The van der Waals surface area contributed by atoms with E-state index in [4.69, 9.17) is 4.74 Å². The fourth-order valence-electron chi connectivity index (χ4n) is 2.29. The summed E-state index contributed by atoms with van der Waals surface area (Å²) in [5, 5.41) is 0. The van der Waals surface area contributed by atoms with E-state index in [9.17, 15) is 0 Å². The van der Waals surface area contributed by atoms with Gasteiger partial charge in [-0.15, -0.1) is 0 Å². The lowest BCUT2D eigenvalue weighted by Crippen LogP contribution is -1.97. The van der Waals surface area contributed by atoms with E-state index in [1.54, 1.807) is 7.11 Å². The Bertz CT molecular complexity index is 579. The summed E-state index contributed by atoms with van der Waals surface area (Å²) in [4.78, 5) is 4.44. The average molecular weight is 309 g/mol. The standard InChI is InChI=1S/C14H17BrN2O/c1-8-6-11(7-9(2)13(8)18-5)12-14(15)16-10(3)17(12)4/h6-7H,1-5H3. The summed E-state index contributed by atoms with van der Waals surface area (Å²) in [7, 11) is 3.73. The molecule has 4 heteroatoms. The number of benzene rings is 1. The molecule has 96 valence electrons. The first kappa shape index (κ1) is 13.1. The molecule has 1 heterocycles. The Morgan fingerprint density at radius 1 is 1.17 bits per heavy atom. The molecule has 0 fully saturated rings. The van der Waals surface area contributed by atoms with E-state index in [1.807, 2.05) is 14.0 Å². The van der Waals surface area contributed by atoms with Gasteiger partial charge in [-0.25, -0.2) is 4.98 Å². The minimum atomic E-state index is 0.881. The molecule has 0 amide bonds. The number of methoxy groups -OCH3 is 1. The van der Waals surface area contributed by atoms with Gasteiger partial charge in [-0.05, 0) is 60.0 Å².